The Labute approximate surface area is 138 Å². The maximum absolute atomic E-state index is 10.8. The van der Waals surface area contributed by atoms with Crippen LogP contribution in [0.15, 0.2) is 47.7 Å². The normalized spacial score (nSPS) is 12.0. The van der Waals surface area contributed by atoms with Crippen LogP contribution < -0.4 is 5.32 Å². The van der Waals surface area contributed by atoms with Crippen LogP contribution >= 0.6 is 0 Å². The SMILES string of the molecule is CC(=Cc1ccc(O)c(O)c1)C(=Cc1ccc(O)c(O)c1)NC=O. The number of carbonyl (C=O) groups is 1. The van der Waals surface area contributed by atoms with Gasteiger partial charge in [-0.25, -0.2) is 0 Å². The largest absolute Gasteiger partial charge is 0.504 e. The number of hydrogen-bond donors (Lipinski definition) is 5. The Bertz CT molecular complexity index is 824. The van der Waals surface area contributed by atoms with Crippen molar-refractivity contribution in [2.75, 3.05) is 0 Å². The number of nitrogens with one attached hydrogen (secondary N) is 1. The first kappa shape index (κ1) is 17.0. The maximum Gasteiger partial charge on any atom is 0.211 e. The van der Waals surface area contributed by atoms with Crippen LogP contribution in [0.3, 0.4) is 0 Å². The highest BCUT2D eigenvalue weighted by molar-refractivity contribution is 5.70. The summed E-state index contributed by atoms with van der Waals surface area (Å²) in [5.74, 6) is -0.955. The van der Waals surface area contributed by atoms with Crippen molar-refractivity contribution in [2.45, 2.75) is 6.92 Å². The lowest BCUT2D eigenvalue weighted by Crippen LogP contribution is -2.11. The molecule has 2 aromatic rings. The Morgan fingerprint density at radius 2 is 1.33 bits per heavy atom. The summed E-state index contributed by atoms with van der Waals surface area (Å²) < 4.78 is 0. The van der Waals surface area contributed by atoms with Crippen LogP contribution in [0.2, 0.25) is 0 Å². The van der Waals surface area contributed by atoms with E-state index >= 15 is 0 Å². The van der Waals surface area contributed by atoms with Crippen LogP contribution in [0.1, 0.15) is 18.1 Å². The minimum absolute atomic E-state index is 0.217. The van der Waals surface area contributed by atoms with Gasteiger partial charge in [-0.1, -0.05) is 12.1 Å². The first-order valence-electron chi connectivity index (χ1n) is 7.05. The Morgan fingerprint density at radius 3 is 1.79 bits per heavy atom. The topological polar surface area (TPSA) is 110 Å². The smallest absolute Gasteiger partial charge is 0.211 e. The zero-order valence-electron chi connectivity index (χ0n) is 12.9. The molecule has 0 atom stereocenters. The molecule has 124 valence electrons. The molecule has 0 saturated heterocycles. The van der Waals surface area contributed by atoms with Gasteiger partial charge in [-0.15, -0.1) is 0 Å². The van der Waals surface area contributed by atoms with Crippen molar-refractivity contribution in [1.82, 2.24) is 5.32 Å². The maximum atomic E-state index is 10.8. The minimum atomic E-state index is -0.265. The first-order chi connectivity index (χ1) is 11.4. The van der Waals surface area contributed by atoms with Crippen molar-refractivity contribution in [1.29, 1.82) is 0 Å². The molecule has 5 N–H and O–H groups in total. The fraction of sp³-hybridized carbons (Fsp3) is 0.0556. The van der Waals surface area contributed by atoms with E-state index in [4.69, 9.17) is 0 Å². The number of benzene rings is 2. The molecule has 0 spiro atoms. The number of hydrogen-bond acceptors (Lipinski definition) is 5. The zero-order chi connectivity index (χ0) is 17.7. The highest BCUT2D eigenvalue weighted by Crippen LogP contribution is 2.28. The molecule has 0 saturated carbocycles. The number of phenolic OH excluding ortho intramolecular Hbond substituents is 4. The summed E-state index contributed by atoms with van der Waals surface area (Å²) in [7, 11) is 0. The van der Waals surface area contributed by atoms with E-state index in [2.05, 4.69) is 5.32 Å². The second kappa shape index (κ2) is 7.23. The second-order valence-corrected chi connectivity index (χ2v) is 5.14. The summed E-state index contributed by atoms with van der Waals surface area (Å²) in [6.07, 6.45) is 3.86. The van der Waals surface area contributed by atoms with Crippen LogP contribution in [0, 0.1) is 0 Å². The lowest BCUT2D eigenvalue weighted by atomic mass is 10.1. The number of carbonyl (C=O) groups excluding carboxylic acids is 1. The third-order valence-electron chi connectivity index (χ3n) is 3.33. The van der Waals surface area contributed by atoms with Crippen LogP contribution in [-0.2, 0) is 4.79 Å². The summed E-state index contributed by atoms with van der Waals surface area (Å²) in [5.41, 5.74) is 2.37. The Kier molecular flexibility index (Phi) is 5.11. The van der Waals surface area contributed by atoms with E-state index in [-0.39, 0.29) is 23.0 Å². The molecular formula is C18H17NO5. The Morgan fingerprint density at radius 1 is 0.833 bits per heavy atom. The van der Waals surface area contributed by atoms with E-state index in [1.165, 1.54) is 24.3 Å². The summed E-state index contributed by atoms with van der Waals surface area (Å²) in [6.45, 7) is 1.76. The fourth-order valence-corrected chi connectivity index (χ4v) is 2.09. The van der Waals surface area contributed by atoms with Gasteiger partial charge in [0.05, 0.1) is 0 Å². The van der Waals surface area contributed by atoms with Crippen molar-refractivity contribution in [3.63, 3.8) is 0 Å². The molecular weight excluding hydrogens is 310 g/mol. The molecule has 0 aliphatic rings. The van der Waals surface area contributed by atoms with Crippen LogP contribution in [0.5, 0.6) is 23.0 Å². The summed E-state index contributed by atoms with van der Waals surface area (Å²) in [5, 5.41) is 40.3. The van der Waals surface area contributed by atoms with Crippen molar-refractivity contribution < 1.29 is 25.2 Å². The van der Waals surface area contributed by atoms with E-state index in [1.54, 1.807) is 31.2 Å². The minimum Gasteiger partial charge on any atom is -0.504 e. The average Bonchev–Trinajstić information content (AvgIpc) is 2.54. The van der Waals surface area contributed by atoms with Gasteiger partial charge in [0.15, 0.2) is 23.0 Å². The summed E-state index contributed by atoms with van der Waals surface area (Å²) in [6, 6.07) is 8.66. The highest BCUT2D eigenvalue weighted by atomic mass is 16.3. The van der Waals surface area contributed by atoms with Gasteiger partial charge in [0.2, 0.25) is 6.41 Å². The predicted molar refractivity (Wildman–Crippen MR) is 90.4 cm³/mol. The summed E-state index contributed by atoms with van der Waals surface area (Å²) >= 11 is 0. The molecule has 1 amide bonds. The van der Waals surface area contributed by atoms with Crippen molar-refractivity contribution in [2.24, 2.45) is 0 Å². The van der Waals surface area contributed by atoms with Gasteiger partial charge in [0.25, 0.3) is 0 Å². The molecule has 0 aliphatic heterocycles. The molecule has 0 aromatic heterocycles. The van der Waals surface area contributed by atoms with Crippen molar-refractivity contribution in [3.8, 4) is 23.0 Å². The average molecular weight is 327 g/mol. The van der Waals surface area contributed by atoms with E-state index in [0.717, 1.165) is 0 Å². The monoisotopic (exact) mass is 327 g/mol. The second-order valence-electron chi connectivity index (χ2n) is 5.14. The van der Waals surface area contributed by atoms with Crippen molar-refractivity contribution >= 4 is 18.6 Å². The lowest BCUT2D eigenvalue weighted by molar-refractivity contribution is -0.108. The fourth-order valence-electron chi connectivity index (χ4n) is 2.09. The van der Waals surface area contributed by atoms with Crippen molar-refractivity contribution in [3.05, 3.63) is 58.8 Å². The predicted octanol–water partition coefficient (Wildman–Crippen LogP) is 2.70. The van der Waals surface area contributed by atoms with E-state index in [1.807, 2.05) is 0 Å². The molecule has 0 unspecified atom stereocenters. The lowest BCUT2D eigenvalue weighted by Gasteiger charge is -2.08. The Hall–Kier alpha value is -3.41. The standard InChI is InChI=1S/C18H17NO5/c1-11(6-12-2-4-15(21)17(23)8-12)14(19-10-20)7-13-3-5-16(22)18(24)9-13/h2-10,21-24H,1H3,(H,19,20). The molecule has 2 aromatic carbocycles. The van der Waals surface area contributed by atoms with Gasteiger partial charge in [-0.2, -0.15) is 0 Å². The van der Waals surface area contributed by atoms with Gasteiger partial charge < -0.3 is 25.7 Å². The van der Waals surface area contributed by atoms with E-state index < -0.39 is 0 Å². The zero-order valence-corrected chi connectivity index (χ0v) is 12.9. The molecule has 6 nitrogen and oxygen atoms in total. The van der Waals surface area contributed by atoms with Crippen LogP contribution in [0.4, 0.5) is 0 Å². The molecule has 0 aliphatic carbocycles. The molecule has 0 fully saturated rings. The highest BCUT2D eigenvalue weighted by Gasteiger charge is 2.05. The molecule has 0 radical (unpaired) electrons. The molecule has 24 heavy (non-hydrogen) atoms. The van der Waals surface area contributed by atoms with Crippen LogP contribution in [0.25, 0.3) is 12.2 Å². The number of aromatic hydroxyl groups is 4. The van der Waals surface area contributed by atoms with Gasteiger partial charge >= 0.3 is 0 Å². The Balaban J connectivity index is 2.39. The molecule has 6 heteroatoms. The third-order valence-corrected chi connectivity index (χ3v) is 3.33. The third kappa shape index (κ3) is 4.07. The molecule has 0 heterocycles. The van der Waals surface area contributed by atoms with Gasteiger partial charge in [0, 0.05) is 5.70 Å². The quantitative estimate of drug-likeness (QED) is 0.329. The van der Waals surface area contributed by atoms with Gasteiger partial charge in [-0.3, -0.25) is 4.79 Å². The van der Waals surface area contributed by atoms with E-state index in [9.17, 15) is 25.2 Å². The number of rotatable bonds is 5. The molecule has 2 rings (SSSR count). The van der Waals surface area contributed by atoms with Gasteiger partial charge in [-0.05, 0) is 60.0 Å². The number of allylic oxidation sites excluding steroid dienone is 1. The van der Waals surface area contributed by atoms with Gasteiger partial charge in [0.1, 0.15) is 0 Å². The number of phenols is 4. The molecule has 0 bridgehead atoms. The van der Waals surface area contributed by atoms with Crippen LogP contribution in [-0.4, -0.2) is 26.8 Å². The summed E-state index contributed by atoms with van der Waals surface area (Å²) in [4.78, 5) is 10.8. The number of amides is 1. The first-order valence-corrected chi connectivity index (χ1v) is 7.05. The van der Waals surface area contributed by atoms with E-state index in [0.29, 0.717) is 28.8 Å².